The highest BCUT2D eigenvalue weighted by molar-refractivity contribution is 5.84. The van der Waals surface area contributed by atoms with E-state index in [0.717, 1.165) is 22.3 Å². The average Bonchev–Trinajstić information content (AvgIpc) is 2.90. The maximum absolute atomic E-state index is 12.7. The zero-order valence-corrected chi connectivity index (χ0v) is 17.4. The molecule has 1 heterocycles. The van der Waals surface area contributed by atoms with Gasteiger partial charge in [-0.3, -0.25) is 14.5 Å². The summed E-state index contributed by atoms with van der Waals surface area (Å²) in [5.74, 6) is -0.00557. The normalized spacial score (nSPS) is 13.9. The highest BCUT2D eigenvalue weighted by Gasteiger charge is 2.44. The number of rotatable bonds is 8. The van der Waals surface area contributed by atoms with E-state index in [1.54, 1.807) is 13.8 Å². The molecule has 0 saturated heterocycles. The molecule has 0 aliphatic rings. The average molecular weight is 373 g/mol. The molecule has 1 aromatic heterocycles. The predicted molar refractivity (Wildman–Crippen MR) is 107 cm³/mol. The lowest BCUT2D eigenvalue weighted by atomic mass is 9.65. The number of likely N-dealkylation sites (N-methyl/N-ethyl adjacent to an activating group) is 1. The molecule has 0 amide bonds. The quantitative estimate of drug-likeness (QED) is 0.717. The Hall–Kier alpha value is -2.14. The van der Waals surface area contributed by atoms with Crippen LogP contribution >= 0.6 is 0 Å². The molecule has 0 aliphatic heterocycles. The third-order valence-corrected chi connectivity index (χ3v) is 6.21. The number of furan rings is 1. The largest absolute Gasteiger partial charge is 0.481 e. The topological polar surface area (TPSA) is 70.8 Å². The van der Waals surface area contributed by atoms with Crippen LogP contribution in [0, 0.1) is 17.8 Å². The van der Waals surface area contributed by atoms with Crippen LogP contribution in [0.1, 0.15) is 58.4 Å². The van der Waals surface area contributed by atoms with Crippen molar-refractivity contribution >= 4 is 22.7 Å². The zero-order chi connectivity index (χ0) is 20.6. The van der Waals surface area contributed by atoms with Gasteiger partial charge in [0.25, 0.3) is 0 Å². The fraction of sp³-hybridized carbons (Fsp3) is 0.545. The van der Waals surface area contributed by atoms with Gasteiger partial charge in [-0.05, 0) is 51.8 Å². The number of carboxylic acid groups (broad SMARTS) is 1. The number of carboxylic acids is 1. The van der Waals surface area contributed by atoms with Crippen molar-refractivity contribution in [3.05, 3.63) is 35.6 Å². The van der Waals surface area contributed by atoms with E-state index in [9.17, 15) is 14.7 Å². The fourth-order valence-electron chi connectivity index (χ4n) is 3.27. The third-order valence-electron chi connectivity index (χ3n) is 6.21. The van der Waals surface area contributed by atoms with Crippen LogP contribution in [0.4, 0.5) is 0 Å². The summed E-state index contributed by atoms with van der Waals surface area (Å²) in [5, 5.41) is 10.6. The summed E-state index contributed by atoms with van der Waals surface area (Å²) >= 11 is 0. The van der Waals surface area contributed by atoms with Crippen LogP contribution < -0.4 is 0 Å². The third kappa shape index (κ3) is 4.08. The number of fused-ring (bicyclic) bond motifs is 1. The molecule has 1 atom stereocenters. The number of nitrogens with zero attached hydrogens (tertiary/aromatic N) is 1. The number of aryl methyl sites for hydroxylation is 1. The molecule has 0 radical (unpaired) electrons. The first-order chi connectivity index (χ1) is 12.4. The van der Waals surface area contributed by atoms with Gasteiger partial charge in [0.1, 0.15) is 17.1 Å². The number of Topliss-reactive ketones (excluding diaryl/α,β-unsaturated/α-hetero) is 1. The SMILES string of the molecule is Cc1c(C(C)N(C)CC(=O)CC(C)(C)C(C)(C)C(=O)O)oc2ccccc12. The van der Waals surface area contributed by atoms with Gasteiger partial charge in [0, 0.05) is 11.8 Å². The van der Waals surface area contributed by atoms with E-state index in [-0.39, 0.29) is 24.8 Å². The first-order valence-corrected chi connectivity index (χ1v) is 9.32. The van der Waals surface area contributed by atoms with Gasteiger partial charge in [-0.15, -0.1) is 0 Å². The van der Waals surface area contributed by atoms with Gasteiger partial charge in [0.2, 0.25) is 0 Å². The van der Waals surface area contributed by atoms with E-state index in [1.807, 2.05) is 63.9 Å². The molecule has 1 aromatic carbocycles. The van der Waals surface area contributed by atoms with E-state index >= 15 is 0 Å². The van der Waals surface area contributed by atoms with E-state index in [4.69, 9.17) is 4.42 Å². The van der Waals surface area contributed by atoms with Gasteiger partial charge in [-0.2, -0.15) is 0 Å². The number of benzene rings is 1. The van der Waals surface area contributed by atoms with Crippen molar-refractivity contribution in [2.24, 2.45) is 10.8 Å². The van der Waals surface area contributed by atoms with Crippen molar-refractivity contribution in [3.8, 4) is 0 Å². The first kappa shape index (κ1) is 21.2. The fourth-order valence-corrected chi connectivity index (χ4v) is 3.27. The summed E-state index contributed by atoms with van der Waals surface area (Å²) in [6.45, 7) is 11.3. The lowest BCUT2D eigenvalue weighted by Gasteiger charge is -2.38. The van der Waals surface area contributed by atoms with Gasteiger partial charge < -0.3 is 9.52 Å². The lowest BCUT2D eigenvalue weighted by molar-refractivity contribution is -0.154. The Kier molecular flexibility index (Phi) is 5.85. The number of hydrogen-bond donors (Lipinski definition) is 1. The minimum Gasteiger partial charge on any atom is -0.481 e. The molecular formula is C22H31NO4. The van der Waals surface area contributed by atoms with Crippen LogP contribution in [0.3, 0.4) is 0 Å². The summed E-state index contributed by atoms with van der Waals surface area (Å²) in [5.41, 5.74) is 0.308. The van der Waals surface area contributed by atoms with Crippen LogP contribution in [-0.4, -0.2) is 35.4 Å². The summed E-state index contributed by atoms with van der Waals surface area (Å²) in [6.07, 6.45) is 0.211. The van der Waals surface area contributed by atoms with E-state index in [0.29, 0.717) is 0 Å². The Labute approximate surface area is 161 Å². The molecule has 2 rings (SSSR count). The standard InChI is InChI=1S/C22H31NO4/c1-14-17-10-8-9-11-18(17)27-19(14)15(2)23(7)13-16(24)12-21(3,4)22(5,6)20(25)26/h8-11,15H,12-13H2,1-7H3,(H,25,26). The summed E-state index contributed by atoms with van der Waals surface area (Å²) in [7, 11) is 1.89. The minimum absolute atomic E-state index is 0.0254. The minimum atomic E-state index is -0.984. The highest BCUT2D eigenvalue weighted by Crippen LogP contribution is 2.42. The van der Waals surface area contributed by atoms with Crippen molar-refractivity contribution < 1.29 is 19.1 Å². The lowest BCUT2D eigenvalue weighted by Crippen LogP contribution is -2.42. The molecule has 5 nitrogen and oxygen atoms in total. The van der Waals surface area contributed by atoms with E-state index in [1.165, 1.54) is 0 Å². The second-order valence-corrected chi connectivity index (χ2v) is 8.71. The van der Waals surface area contributed by atoms with Crippen molar-refractivity contribution in [2.75, 3.05) is 13.6 Å². The van der Waals surface area contributed by atoms with Crippen LogP contribution in [0.25, 0.3) is 11.0 Å². The van der Waals surface area contributed by atoms with Gasteiger partial charge in [-0.1, -0.05) is 32.0 Å². The monoisotopic (exact) mass is 373 g/mol. The Morgan fingerprint density at radius 1 is 1.19 bits per heavy atom. The molecular weight excluding hydrogens is 342 g/mol. The molecule has 0 fully saturated rings. The molecule has 0 saturated carbocycles. The second-order valence-electron chi connectivity index (χ2n) is 8.71. The Morgan fingerprint density at radius 3 is 2.33 bits per heavy atom. The number of para-hydroxylation sites is 1. The molecule has 0 aliphatic carbocycles. The van der Waals surface area contributed by atoms with Crippen molar-refractivity contribution in [1.29, 1.82) is 0 Å². The number of carbonyl (C=O) groups excluding carboxylic acids is 1. The molecule has 5 heteroatoms. The van der Waals surface area contributed by atoms with Crippen LogP contribution in [-0.2, 0) is 9.59 Å². The molecule has 1 N–H and O–H groups in total. The summed E-state index contributed by atoms with van der Waals surface area (Å²) < 4.78 is 6.02. The maximum Gasteiger partial charge on any atom is 0.309 e. The molecule has 148 valence electrons. The predicted octanol–water partition coefficient (Wildman–Crippen LogP) is 4.83. The van der Waals surface area contributed by atoms with Crippen LogP contribution in [0.5, 0.6) is 0 Å². The van der Waals surface area contributed by atoms with Gasteiger partial charge in [0.15, 0.2) is 0 Å². The summed E-state index contributed by atoms with van der Waals surface area (Å²) in [6, 6.07) is 7.85. The number of carbonyl (C=O) groups is 2. The van der Waals surface area contributed by atoms with Gasteiger partial charge in [-0.25, -0.2) is 0 Å². The highest BCUT2D eigenvalue weighted by atomic mass is 16.4. The van der Waals surface area contributed by atoms with E-state index in [2.05, 4.69) is 0 Å². The zero-order valence-electron chi connectivity index (χ0n) is 17.4. The van der Waals surface area contributed by atoms with Crippen LogP contribution in [0.15, 0.2) is 28.7 Å². The molecule has 0 spiro atoms. The molecule has 27 heavy (non-hydrogen) atoms. The van der Waals surface area contributed by atoms with Gasteiger partial charge >= 0.3 is 5.97 Å². The molecule has 2 aromatic rings. The number of aliphatic carboxylic acids is 1. The van der Waals surface area contributed by atoms with Crippen molar-refractivity contribution in [2.45, 2.75) is 54.0 Å². The van der Waals surface area contributed by atoms with Crippen LogP contribution in [0.2, 0.25) is 0 Å². The first-order valence-electron chi connectivity index (χ1n) is 9.32. The summed E-state index contributed by atoms with van der Waals surface area (Å²) in [4.78, 5) is 26.2. The van der Waals surface area contributed by atoms with E-state index < -0.39 is 16.8 Å². The maximum atomic E-state index is 12.7. The molecule has 1 unspecified atom stereocenters. The Morgan fingerprint density at radius 2 is 1.78 bits per heavy atom. The second kappa shape index (κ2) is 7.47. The van der Waals surface area contributed by atoms with Crippen molar-refractivity contribution in [1.82, 2.24) is 4.90 Å². The number of hydrogen-bond acceptors (Lipinski definition) is 4. The smallest absolute Gasteiger partial charge is 0.309 e. The number of ketones is 1. The Balaban J connectivity index is 2.11. The van der Waals surface area contributed by atoms with Crippen molar-refractivity contribution in [3.63, 3.8) is 0 Å². The Bertz CT molecular complexity index is 847. The van der Waals surface area contributed by atoms with Gasteiger partial charge in [0.05, 0.1) is 18.0 Å². The molecule has 0 bridgehead atoms.